The molecule has 3 N–H and O–H groups in total. The van der Waals surface area contributed by atoms with Crippen molar-refractivity contribution >= 4 is 16.8 Å². The molecule has 2 aromatic heterocycles. The summed E-state index contributed by atoms with van der Waals surface area (Å²) >= 11 is 0. The van der Waals surface area contributed by atoms with Crippen LogP contribution in [0.4, 0.5) is 0 Å². The van der Waals surface area contributed by atoms with Crippen molar-refractivity contribution in [2.75, 3.05) is 13.7 Å². The number of rotatable bonds is 11. The fourth-order valence-corrected chi connectivity index (χ4v) is 5.69. The highest BCUT2D eigenvalue weighted by atomic mass is 16.5. The van der Waals surface area contributed by atoms with E-state index in [0.29, 0.717) is 13.0 Å². The standard InChI is InChI=1S/C33H36N6O2/c1-41-26-16-13-24(14-17-26)22-39-31(18-15-23-8-3-2-4-9-23)37-38-32(39)30(36-33(40)29-12-7-19-34-29)20-25-21-35-28-11-6-5-10-27(25)28/h2-6,8-11,13-14,16-17,21,29-30,34-35H,7,12,15,18-20,22H2,1H3,(H,36,40)/t29-,30?/m1/s1. The first-order valence-corrected chi connectivity index (χ1v) is 14.4. The Labute approximate surface area is 240 Å². The van der Waals surface area contributed by atoms with Crippen LogP contribution in [0.3, 0.4) is 0 Å². The smallest absolute Gasteiger partial charge is 0.237 e. The normalized spacial score (nSPS) is 15.7. The summed E-state index contributed by atoms with van der Waals surface area (Å²) in [6.07, 6.45) is 6.08. The summed E-state index contributed by atoms with van der Waals surface area (Å²) in [6, 6.07) is 26.2. The Hall–Kier alpha value is -4.43. The molecular formula is C33H36N6O2. The Morgan fingerprint density at radius 1 is 1.00 bits per heavy atom. The second kappa shape index (κ2) is 12.4. The second-order valence-corrected chi connectivity index (χ2v) is 10.7. The van der Waals surface area contributed by atoms with Gasteiger partial charge in [0.05, 0.1) is 25.7 Å². The molecule has 0 aliphatic carbocycles. The van der Waals surface area contributed by atoms with E-state index in [1.807, 2.05) is 36.5 Å². The number of H-pyrrole nitrogens is 1. The molecule has 8 nitrogen and oxygen atoms in total. The maximum atomic E-state index is 13.4. The highest BCUT2D eigenvalue weighted by Crippen LogP contribution is 2.26. The predicted octanol–water partition coefficient (Wildman–Crippen LogP) is 4.75. The molecule has 0 saturated carbocycles. The van der Waals surface area contributed by atoms with Crippen molar-refractivity contribution in [1.29, 1.82) is 0 Å². The molecule has 1 unspecified atom stereocenters. The number of amides is 1. The summed E-state index contributed by atoms with van der Waals surface area (Å²) in [6.45, 7) is 1.46. The summed E-state index contributed by atoms with van der Waals surface area (Å²) in [5.41, 5.74) is 4.58. The minimum atomic E-state index is -0.347. The molecule has 3 heterocycles. The number of methoxy groups -OCH3 is 1. The number of aromatic nitrogens is 4. The maximum Gasteiger partial charge on any atom is 0.237 e. The molecule has 1 aliphatic rings. The van der Waals surface area contributed by atoms with Crippen LogP contribution in [0, 0.1) is 0 Å². The van der Waals surface area contributed by atoms with Gasteiger partial charge in [0.1, 0.15) is 11.6 Å². The van der Waals surface area contributed by atoms with Gasteiger partial charge in [0.25, 0.3) is 0 Å². The zero-order chi connectivity index (χ0) is 28.0. The summed E-state index contributed by atoms with van der Waals surface area (Å²) in [5.74, 6) is 2.49. The van der Waals surface area contributed by atoms with Gasteiger partial charge >= 0.3 is 0 Å². The van der Waals surface area contributed by atoms with Crippen LogP contribution in [0.15, 0.2) is 85.1 Å². The molecular weight excluding hydrogens is 512 g/mol. The van der Waals surface area contributed by atoms with Gasteiger partial charge in [0.15, 0.2) is 5.82 Å². The average Bonchev–Trinajstić information content (AvgIpc) is 3.78. The number of aromatic amines is 1. The molecule has 5 aromatic rings. The van der Waals surface area contributed by atoms with Crippen molar-refractivity contribution in [3.8, 4) is 5.75 Å². The predicted molar refractivity (Wildman–Crippen MR) is 160 cm³/mol. The zero-order valence-corrected chi connectivity index (χ0v) is 23.3. The molecule has 1 fully saturated rings. The van der Waals surface area contributed by atoms with Crippen LogP contribution in [-0.4, -0.2) is 45.4 Å². The van der Waals surface area contributed by atoms with E-state index in [0.717, 1.165) is 71.7 Å². The van der Waals surface area contributed by atoms with Gasteiger partial charge in [-0.15, -0.1) is 10.2 Å². The van der Waals surface area contributed by atoms with E-state index in [-0.39, 0.29) is 18.0 Å². The Balaban J connectivity index is 1.36. The van der Waals surface area contributed by atoms with Crippen LogP contribution in [0.5, 0.6) is 5.75 Å². The fraction of sp³-hybridized carbons (Fsp3) is 0.303. The number of hydrogen-bond acceptors (Lipinski definition) is 5. The second-order valence-electron chi connectivity index (χ2n) is 10.7. The molecule has 1 amide bonds. The van der Waals surface area contributed by atoms with Gasteiger partial charge in [-0.1, -0.05) is 60.7 Å². The first-order chi connectivity index (χ1) is 20.2. The number of aryl methyl sites for hydroxylation is 2. The fourth-order valence-electron chi connectivity index (χ4n) is 5.69. The van der Waals surface area contributed by atoms with Gasteiger partial charge in [-0.05, 0) is 60.7 Å². The van der Waals surface area contributed by atoms with Crippen molar-refractivity contribution in [2.24, 2.45) is 0 Å². The van der Waals surface area contributed by atoms with Gasteiger partial charge in [0.2, 0.25) is 5.91 Å². The average molecular weight is 549 g/mol. The molecule has 0 radical (unpaired) electrons. The molecule has 3 aromatic carbocycles. The van der Waals surface area contributed by atoms with Crippen molar-refractivity contribution in [2.45, 2.75) is 50.7 Å². The number of nitrogens with zero attached hydrogens (tertiary/aromatic N) is 3. The maximum absolute atomic E-state index is 13.4. The number of benzene rings is 3. The number of ether oxygens (including phenoxy) is 1. The molecule has 0 spiro atoms. The highest BCUT2D eigenvalue weighted by Gasteiger charge is 2.29. The highest BCUT2D eigenvalue weighted by molar-refractivity contribution is 5.84. The molecule has 41 heavy (non-hydrogen) atoms. The van der Waals surface area contributed by atoms with Gasteiger partial charge in [0, 0.05) is 29.9 Å². The Kier molecular flexibility index (Phi) is 8.09. The lowest BCUT2D eigenvalue weighted by molar-refractivity contribution is -0.123. The van der Waals surface area contributed by atoms with Crippen LogP contribution in [0.25, 0.3) is 10.9 Å². The summed E-state index contributed by atoms with van der Waals surface area (Å²) in [7, 11) is 1.67. The quantitative estimate of drug-likeness (QED) is 0.221. The lowest BCUT2D eigenvalue weighted by atomic mass is 10.0. The number of hydrogen-bond donors (Lipinski definition) is 3. The van der Waals surface area contributed by atoms with Crippen molar-refractivity contribution in [3.63, 3.8) is 0 Å². The van der Waals surface area contributed by atoms with E-state index in [1.54, 1.807) is 7.11 Å². The van der Waals surface area contributed by atoms with Crippen molar-refractivity contribution < 1.29 is 9.53 Å². The van der Waals surface area contributed by atoms with E-state index in [1.165, 1.54) is 5.56 Å². The molecule has 8 heteroatoms. The summed E-state index contributed by atoms with van der Waals surface area (Å²) in [5, 5.41) is 17.3. The molecule has 210 valence electrons. The molecule has 6 rings (SSSR count). The monoisotopic (exact) mass is 548 g/mol. The summed E-state index contributed by atoms with van der Waals surface area (Å²) in [4.78, 5) is 16.8. The van der Waals surface area contributed by atoms with Crippen molar-refractivity contribution in [3.05, 3.63) is 113 Å². The first kappa shape index (κ1) is 26.8. The van der Waals surface area contributed by atoms with Crippen LogP contribution in [0.2, 0.25) is 0 Å². The minimum absolute atomic E-state index is 0.0113. The van der Waals surface area contributed by atoms with Crippen molar-refractivity contribution in [1.82, 2.24) is 30.4 Å². The molecule has 2 atom stereocenters. The number of nitrogens with one attached hydrogen (secondary N) is 3. The third kappa shape index (κ3) is 6.18. The lowest BCUT2D eigenvalue weighted by Crippen LogP contribution is -2.43. The third-order valence-electron chi connectivity index (χ3n) is 7.94. The van der Waals surface area contributed by atoms with Crippen LogP contribution in [0.1, 0.15) is 47.2 Å². The van der Waals surface area contributed by atoms with Gasteiger partial charge in [-0.2, -0.15) is 0 Å². The van der Waals surface area contributed by atoms with E-state index in [2.05, 4.69) is 68.7 Å². The largest absolute Gasteiger partial charge is 0.497 e. The molecule has 1 aliphatic heterocycles. The first-order valence-electron chi connectivity index (χ1n) is 14.4. The zero-order valence-electron chi connectivity index (χ0n) is 23.3. The Morgan fingerprint density at radius 3 is 2.59 bits per heavy atom. The van der Waals surface area contributed by atoms with Crippen LogP contribution < -0.4 is 15.4 Å². The minimum Gasteiger partial charge on any atom is -0.497 e. The number of para-hydroxylation sites is 1. The number of carbonyl (C=O) groups excluding carboxylic acids is 1. The SMILES string of the molecule is COc1ccc(Cn2c(CCc3ccccc3)nnc2C(Cc2c[nH]c3ccccc23)NC(=O)[C@H]2CCCN2)cc1. The van der Waals surface area contributed by atoms with E-state index >= 15 is 0 Å². The Bertz CT molecular complexity index is 1590. The topological polar surface area (TPSA) is 96.9 Å². The number of fused-ring (bicyclic) bond motifs is 1. The number of carbonyl (C=O) groups is 1. The van der Waals surface area contributed by atoms with Gasteiger partial charge in [-0.25, -0.2) is 0 Å². The summed E-state index contributed by atoms with van der Waals surface area (Å²) < 4.78 is 7.56. The lowest BCUT2D eigenvalue weighted by Gasteiger charge is -2.22. The van der Waals surface area contributed by atoms with Crippen LogP contribution >= 0.6 is 0 Å². The van der Waals surface area contributed by atoms with E-state index < -0.39 is 0 Å². The van der Waals surface area contributed by atoms with E-state index in [4.69, 9.17) is 14.9 Å². The van der Waals surface area contributed by atoms with Crippen LogP contribution in [-0.2, 0) is 30.6 Å². The van der Waals surface area contributed by atoms with Gasteiger partial charge < -0.3 is 24.9 Å². The van der Waals surface area contributed by atoms with Gasteiger partial charge in [-0.3, -0.25) is 4.79 Å². The van der Waals surface area contributed by atoms with E-state index in [9.17, 15) is 4.79 Å². The molecule has 0 bridgehead atoms. The molecule has 1 saturated heterocycles. The Morgan fingerprint density at radius 2 is 1.80 bits per heavy atom. The third-order valence-corrected chi connectivity index (χ3v) is 7.94.